The monoisotopic (exact) mass is 470 g/mol. The molecule has 0 aliphatic carbocycles. The molecule has 150 valence electrons. The molecule has 1 heterocycles. The fraction of sp³-hybridized carbons (Fsp3) is 0.944. The standard InChI is InChI=1S/C18H38N4O2.HI/c1-5-19-18(20-10-6-7-13-24-15-14-23-4)21-17-8-11-22(12-9-17)16(2)3;/h16-17H,5-15H2,1-4H3,(H2,19,20,21);1H. The highest BCUT2D eigenvalue weighted by atomic mass is 127. The third-order valence-corrected chi connectivity index (χ3v) is 4.34. The van der Waals surface area contributed by atoms with E-state index in [2.05, 4.69) is 36.3 Å². The van der Waals surface area contributed by atoms with Crippen molar-refractivity contribution in [2.45, 2.75) is 58.5 Å². The van der Waals surface area contributed by atoms with Gasteiger partial charge < -0.3 is 25.0 Å². The molecule has 7 heteroatoms. The van der Waals surface area contributed by atoms with Crippen LogP contribution in [0.3, 0.4) is 0 Å². The van der Waals surface area contributed by atoms with E-state index in [-0.39, 0.29) is 24.0 Å². The van der Waals surface area contributed by atoms with Crippen molar-refractivity contribution < 1.29 is 9.47 Å². The largest absolute Gasteiger partial charge is 0.382 e. The van der Waals surface area contributed by atoms with Gasteiger partial charge in [0.2, 0.25) is 0 Å². The highest BCUT2D eigenvalue weighted by Crippen LogP contribution is 2.12. The molecule has 25 heavy (non-hydrogen) atoms. The molecule has 0 spiro atoms. The van der Waals surface area contributed by atoms with Gasteiger partial charge >= 0.3 is 0 Å². The number of likely N-dealkylation sites (tertiary alicyclic amines) is 1. The Balaban J connectivity index is 0.00000576. The van der Waals surface area contributed by atoms with E-state index in [0.29, 0.717) is 25.3 Å². The second kappa shape index (κ2) is 16.1. The summed E-state index contributed by atoms with van der Waals surface area (Å²) in [7, 11) is 1.69. The van der Waals surface area contributed by atoms with E-state index >= 15 is 0 Å². The Kier molecular flexibility index (Phi) is 16.0. The van der Waals surface area contributed by atoms with Crippen molar-refractivity contribution in [3.8, 4) is 0 Å². The number of guanidine groups is 1. The molecule has 1 aliphatic heterocycles. The number of ether oxygens (including phenoxy) is 2. The lowest BCUT2D eigenvalue weighted by Crippen LogP contribution is -2.49. The zero-order chi connectivity index (χ0) is 17.6. The van der Waals surface area contributed by atoms with Crippen LogP contribution >= 0.6 is 24.0 Å². The molecule has 1 rings (SSSR count). The van der Waals surface area contributed by atoms with E-state index in [1.807, 2.05) is 0 Å². The van der Waals surface area contributed by atoms with E-state index in [9.17, 15) is 0 Å². The zero-order valence-corrected chi connectivity index (χ0v) is 18.9. The lowest BCUT2D eigenvalue weighted by Gasteiger charge is -2.35. The average Bonchev–Trinajstić information content (AvgIpc) is 2.58. The molecule has 1 saturated heterocycles. The van der Waals surface area contributed by atoms with E-state index in [1.54, 1.807) is 7.11 Å². The summed E-state index contributed by atoms with van der Waals surface area (Å²) in [5.74, 6) is 0.959. The van der Waals surface area contributed by atoms with Crippen LogP contribution in [0.1, 0.15) is 46.5 Å². The first-order valence-electron chi connectivity index (χ1n) is 9.53. The predicted molar refractivity (Wildman–Crippen MR) is 116 cm³/mol. The van der Waals surface area contributed by atoms with Gasteiger partial charge in [0.15, 0.2) is 5.96 Å². The van der Waals surface area contributed by atoms with Gasteiger partial charge in [-0.3, -0.25) is 4.99 Å². The minimum atomic E-state index is 0. The summed E-state index contributed by atoms with van der Waals surface area (Å²) in [6.07, 6.45) is 4.47. The number of hydrogen-bond acceptors (Lipinski definition) is 4. The Morgan fingerprint density at radius 1 is 1.16 bits per heavy atom. The summed E-state index contributed by atoms with van der Waals surface area (Å²) < 4.78 is 10.4. The second-order valence-electron chi connectivity index (χ2n) is 6.62. The van der Waals surface area contributed by atoms with E-state index in [4.69, 9.17) is 14.5 Å². The van der Waals surface area contributed by atoms with Gasteiger partial charge in [0.25, 0.3) is 0 Å². The zero-order valence-electron chi connectivity index (χ0n) is 16.6. The third kappa shape index (κ3) is 12.0. The molecule has 0 aromatic heterocycles. The van der Waals surface area contributed by atoms with Gasteiger partial charge in [-0.05, 0) is 46.5 Å². The maximum atomic E-state index is 5.47. The second-order valence-corrected chi connectivity index (χ2v) is 6.62. The van der Waals surface area contributed by atoms with Crippen molar-refractivity contribution in [2.75, 3.05) is 53.1 Å². The van der Waals surface area contributed by atoms with Gasteiger partial charge in [0, 0.05) is 52.0 Å². The SMILES string of the molecule is CCNC(=NCCCCOCCOC)NC1CCN(C(C)C)CC1.I. The van der Waals surface area contributed by atoms with Crippen LogP contribution in [-0.4, -0.2) is 76.1 Å². The number of nitrogens with zero attached hydrogens (tertiary/aromatic N) is 2. The van der Waals surface area contributed by atoms with Crippen LogP contribution in [0.4, 0.5) is 0 Å². The molecule has 0 bridgehead atoms. The number of methoxy groups -OCH3 is 1. The fourth-order valence-corrected chi connectivity index (χ4v) is 2.82. The van der Waals surface area contributed by atoms with E-state index < -0.39 is 0 Å². The molecule has 0 atom stereocenters. The molecular formula is C18H39IN4O2. The van der Waals surface area contributed by atoms with Crippen molar-refractivity contribution >= 4 is 29.9 Å². The normalized spacial score (nSPS) is 16.8. The first kappa shape index (κ1) is 24.9. The summed E-state index contributed by atoms with van der Waals surface area (Å²) in [5.41, 5.74) is 0. The Morgan fingerprint density at radius 2 is 1.88 bits per heavy atom. The molecule has 1 fully saturated rings. The minimum Gasteiger partial charge on any atom is -0.382 e. The Morgan fingerprint density at radius 3 is 2.48 bits per heavy atom. The number of nitrogens with one attached hydrogen (secondary N) is 2. The number of rotatable bonds is 11. The van der Waals surface area contributed by atoms with Crippen LogP contribution in [0.5, 0.6) is 0 Å². The lowest BCUT2D eigenvalue weighted by molar-refractivity contribution is 0.0690. The Labute approximate surface area is 171 Å². The highest BCUT2D eigenvalue weighted by Gasteiger charge is 2.21. The van der Waals surface area contributed by atoms with Crippen LogP contribution in [-0.2, 0) is 9.47 Å². The number of unbranched alkanes of at least 4 members (excludes halogenated alkanes) is 1. The third-order valence-electron chi connectivity index (χ3n) is 4.34. The molecule has 0 amide bonds. The van der Waals surface area contributed by atoms with Crippen LogP contribution in [0.2, 0.25) is 0 Å². The topological polar surface area (TPSA) is 58.1 Å². The van der Waals surface area contributed by atoms with E-state index in [0.717, 1.165) is 38.5 Å². The van der Waals surface area contributed by atoms with Gasteiger partial charge in [-0.25, -0.2) is 0 Å². The van der Waals surface area contributed by atoms with Crippen LogP contribution < -0.4 is 10.6 Å². The molecule has 0 radical (unpaired) electrons. The quantitative estimate of drug-likeness (QED) is 0.210. The maximum absolute atomic E-state index is 5.47. The fourth-order valence-electron chi connectivity index (χ4n) is 2.82. The molecule has 0 aromatic rings. The smallest absolute Gasteiger partial charge is 0.191 e. The van der Waals surface area contributed by atoms with E-state index in [1.165, 1.54) is 25.9 Å². The molecule has 2 N–H and O–H groups in total. The van der Waals surface area contributed by atoms with Gasteiger partial charge in [0.05, 0.1) is 13.2 Å². The van der Waals surface area contributed by atoms with Crippen LogP contribution in [0.15, 0.2) is 4.99 Å². The number of halogens is 1. The number of piperidine rings is 1. The van der Waals surface area contributed by atoms with Crippen molar-refractivity contribution in [3.05, 3.63) is 0 Å². The summed E-state index contributed by atoms with van der Waals surface area (Å²) >= 11 is 0. The predicted octanol–water partition coefficient (Wildman–Crippen LogP) is 2.48. The molecule has 6 nitrogen and oxygen atoms in total. The maximum Gasteiger partial charge on any atom is 0.191 e. The number of aliphatic imine (C=N–C) groups is 1. The van der Waals surface area contributed by atoms with Gasteiger partial charge in [0.1, 0.15) is 0 Å². The average molecular weight is 470 g/mol. The molecule has 1 aliphatic rings. The molecule has 0 saturated carbocycles. The lowest BCUT2D eigenvalue weighted by atomic mass is 10.0. The van der Waals surface area contributed by atoms with Gasteiger partial charge in [-0.2, -0.15) is 0 Å². The minimum absolute atomic E-state index is 0. The molecule has 0 aromatic carbocycles. The molecular weight excluding hydrogens is 431 g/mol. The van der Waals surface area contributed by atoms with Crippen LogP contribution in [0, 0.1) is 0 Å². The Hall–Kier alpha value is -0.120. The van der Waals surface area contributed by atoms with Crippen molar-refractivity contribution in [1.82, 2.24) is 15.5 Å². The first-order valence-corrected chi connectivity index (χ1v) is 9.53. The van der Waals surface area contributed by atoms with Crippen molar-refractivity contribution in [1.29, 1.82) is 0 Å². The summed E-state index contributed by atoms with van der Waals surface area (Å²) in [5, 5.41) is 6.96. The van der Waals surface area contributed by atoms with Gasteiger partial charge in [-0.1, -0.05) is 0 Å². The van der Waals surface area contributed by atoms with Crippen molar-refractivity contribution in [2.24, 2.45) is 4.99 Å². The summed E-state index contributed by atoms with van der Waals surface area (Å²) in [6.45, 7) is 12.9. The number of hydrogen-bond donors (Lipinski definition) is 2. The van der Waals surface area contributed by atoms with Crippen molar-refractivity contribution in [3.63, 3.8) is 0 Å². The molecule has 0 unspecified atom stereocenters. The summed E-state index contributed by atoms with van der Waals surface area (Å²) in [4.78, 5) is 7.24. The van der Waals surface area contributed by atoms with Gasteiger partial charge in [-0.15, -0.1) is 24.0 Å². The summed E-state index contributed by atoms with van der Waals surface area (Å²) in [6, 6.07) is 1.19. The first-order chi connectivity index (χ1) is 11.7. The van der Waals surface area contributed by atoms with Crippen LogP contribution in [0.25, 0.3) is 0 Å². The Bertz CT molecular complexity index is 335. The highest BCUT2D eigenvalue weighted by molar-refractivity contribution is 14.0.